The number of rotatable bonds is 8. The van der Waals surface area contributed by atoms with Gasteiger partial charge in [0.25, 0.3) is 0 Å². The molecular formula is C24H27F6NO2. The van der Waals surface area contributed by atoms with E-state index >= 15 is 0 Å². The number of ether oxygens (including phenoxy) is 1. The van der Waals surface area contributed by atoms with Crippen molar-refractivity contribution in [1.29, 1.82) is 0 Å². The van der Waals surface area contributed by atoms with Crippen LogP contribution >= 0.6 is 0 Å². The fourth-order valence-corrected chi connectivity index (χ4v) is 4.05. The van der Waals surface area contributed by atoms with Crippen molar-refractivity contribution in [1.82, 2.24) is 0 Å². The molecule has 1 N–H and O–H groups in total. The van der Waals surface area contributed by atoms with Crippen molar-refractivity contribution < 1.29 is 36.2 Å². The van der Waals surface area contributed by atoms with Gasteiger partial charge in [-0.3, -0.25) is 0 Å². The third-order valence-electron chi connectivity index (χ3n) is 5.82. The Labute approximate surface area is 189 Å². The van der Waals surface area contributed by atoms with E-state index < -0.39 is 30.6 Å². The molecule has 0 saturated heterocycles. The molecule has 1 unspecified atom stereocenters. The van der Waals surface area contributed by atoms with Gasteiger partial charge in [0.15, 0.2) is 6.10 Å². The predicted molar refractivity (Wildman–Crippen MR) is 113 cm³/mol. The van der Waals surface area contributed by atoms with Crippen LogP contribution in [0, 0.1) is 5.92 Å². The molecule has 0 bridgehead atoms. The summed E-state index contributed by atoms with van der Waals surface area (Å²) in [5.74, 6) is 0.550. The highest BCUT2D eigenvalue weighted by Gasteiger charge is 2.39. The van der Waals surface area contributed by atoms with Crippen LogP contribution in [0.3, 0.4) is 0 Å². The number of anilines is 1. The van der Waals surface area contributed by atoms with Crippen LogP contribution in [0.1, 0.15) is 43.2 Å². The van der Waals surface area contributed by atoms with Gasteiger partial charge in [0.1, 0.15) is 12.4 Å². The maximum absolute atomic E-state index is 13.0. The molecule has 0 spiro atoms. The van der Waals surface area contributed by atoms with Gasteiger partial charge in [-0.25, -0.2) is 0 Å². The van der Waals surface area contributed by atoms with E-state index in [-0.39, 0.29) is 12.5 Å². The van der Waals surface area contributed by atoms with Gasteiger partial charge in [-0.2, -0.15) is 26.3 Å². The van der Waals surface area contributed by atoms with Crippen LogP contribution in [-0.2, 0) is 12.8 Å². The first kappa shape index (κ1) is 25.2. The molecule has 3 rings (SSSR count). The van der Waals surface area contributed by atoms with Crippen molar-refractivity contribution in [2.45, 2.75) is 57.2 Å². The molecule has 1 fully saturated rings. The molecule has 33 heavy (non-hydrogen) atoms. The van der Waals surface area contributed by atoms with Gasteiger partial charge in [-0.05, 0) is 48.6 Å². The average Bonchev–Trinajstić information content (AvgIpc) is 2.77. The van der Waals surface area contributed by atoms with Crippen LogP contribution in [0.2, 0.25) is 0 Å². The number of alkyl halides is 6. The zero-order chi connectivity index (χ0) is 24.1. The normalized spacial score (nSPS) is 16.5. The number of hydrogen-bond acceptors (Lipinski definition) is 3. The summed E-state index contributed by atoms with van der Waals surface area (Å²) in [4.78, 5) is 1.52. The molecule has 0 aliphatic heterocycles. The van der Waals surface area contributed by atoms with Crippen molar-refractivity contribution in [3.63, 3.8) is 0 Å². The Morgan fingerprint density at radius 3 is 2.30 bits per heavy atom. The van der Waals surface area contributed by atoms with Gasteiger partial charge < -0.3 is 14.7 Å². The van der Waals surface area contributed by atoms with Crippen molar-refractivity contribution >= 4 is 5.69 Å². The lowest BCUT2D eigenvalue weighted by molar-refractivity contribution is -0.200. The molecule has 182 valence electrons. The largest absolute Gasteiger partial charge is 0.489 e. The van der Waals surface area contributed by atoms with Gasteiger partial charge in [0.05, 0.1) is 12.1 Å². The highest BCUT2D eigenvalue weighted by molar-refractivity contribution is 5.51. The lowest BCUT2D eigenvalue weighted by atomic mass is 9.88. The number of aliphatic hydroxyl groups is 1. The Hall–Kier alpha value is -2.42. The van der Waals surface area contributed by atoms with Crippen LogP contribution in [0.5, 0.6) is 5.75 Å². The van der Waals surface area contributed by atoms with E-state index in [4.69, 9.17) is 4.74 Å². The van der Waals surface area contributed by atoms with Crippen molar-refractivity contribution in [3.8, 4) is 5.75 Å². The molecular weight excluding hydrogens is 448 g/mol. The zero-order valence-electron chi connectivity index (χ0n) is 18.0. The quantitative estimate of drug-likeness (QED) is 0.437. The second kappa shape index (κ2) is 10.7. The standard InChI is InChI=1S/C24H27F6NO2/c25-23(26,27)19-9-4-8-18(12-19)16-33-21-11-5-10-20(13-21)31(15-22(32)24(28,29)30)14-17-6-2-1-3-7-17/h4-5,8-13,17,22,32H,1-3,6-7,14-16H2. The Morgan fingerprint density at radius 2 is 1.64 bits per heavy atom. The van der Waals surface area contributed by atoms with Crippen LogP contribution in [0.15, 0.2) is 48.5 Å². The molecule has 0 heterocycles. The summed E-state index contributed by atoms with van der Waals surface area (Å²) in [5, 5.41) is 9.67. The SMILES string of the molecule is OC(CN(CC1CCCCC1)c1cccc(OCc2cccc(C(F)(F)F)c2)c1)C(F)(F)F. The summed E-state index contributed by atoms with van der Waals surface area (Å²) in [7, 11) is 0. The highest BCUT2D eigenvalue weighted by Crippen LogP contribution is 2.32. The van der Waals surface area contributed by atoms with Crippen molar-refractivity contribution in [3.05, 3.63) is 59.7 Å². The van der Waals surface area contributed by atoms with Gasteiger partial charge in [-0.15, -0.1) is 0 Å². The number of halogens is 6. The van der Waals surface area contributed by atoms with Crippen LogP contribution in [0.25, 0.3) is 0 Å². The average molecular weight is 475 g/mol. The lowest BCUT2D eigenvalue weighted by Crippen LogP contribution is -2.43. The molecule has 0 radical (unpaired) electrons. The summed E-state index contributed by atoms with van der Waals surface area (Å²) in [5.41, 5.74) is 0.00402. The first-order valence-corrected chi connectivity index (χ1v) is 10.9. The third kappa shape index (κ3) is 7.55. The van der Waals surface area contributed by atoms with E-state index in [1.165, 1.54) is 17.0 Å². The molecule has 1 aliphatic carbocycles. The first-order valence-electron chi connectivity index (χ1n) is 10.9. The summed E-state index contributed by atoms with van der Waals surface area (Å²) < 4.78 is 83.4. The van der Waals surface area contributed by atoms with E-state index in [0.717, 1.165) is 44.2 Å². The maximum Gasteiger partial charge on any atom is 0.416 e. The third-order valence-corrected chi connectivity index (χ3v) is 5.82. The topological polar surface area (TPSA) is 32.7 Å². The number of benzene rings is 2. The van der Waals surface area contributed by atoms with Gasteiger partial charge in [0, 0.05) is 18.3 Å². The summed E-state index contributed by atoms with van der Waals surface area (Å²) in [6, 6.07) is 11.2. The van der Waals surface area contributed by atoms with E-state index in [2.05, 4.69) is 0 Å². The number of nitrogens with zero attached hydrogens (tertiary/aromatic N) is 1. The monoisotopic (exact) mass is 475 g/mol. The minimum atomic E-state index is -4.73. The minimum absolute atomic E-state index is 0.124. The smallest absolute Gasteiger partial charge is 0.416 e. The summed E-state index contributed by atoms with van der Waals surface area (Å²) in [6.07, 6.45) is -6.68. The zero-order valence-corrected chi connectivity index (χ0v) is 18.0. The summed E-state index contributed by atoms with van der Waals surface area (Å²) >= 11 is 0. The molecule has 0 aromatic heterocycles. The Bertz CT molecular complexity index is 893. The van der Waals surface area contributed by atoms with E-state index in [0.29, 0.717) is 23.5 Å². The lowest BCUT2D eigenvalue weighted by Gasteiger charge is -2.33. The van der Waals surface area contributed by atoms with Crippen LogP contribution in [0.4, 0.5) is 32.0 Å². The molecule has 2 aromatic carbocycles. The molecule has 1 aliphatic rings. The van der Waals surface area contributed by atoms with Crippen LogP contribution in [-0.4, -0.2) is 30.5 Å². The highest BCUT2D eigenvalue weighted by atomic mass is 19.4. The fraction of sp³-hybridized carbons (Fsp3) is 0.500. The minimum Gasteiger partial charge on any atom is -0.489 e. The molecule has 9 heteroatoms. The van der Waals surface area contributed by atoms with Gasteiger partial charge in [0.2, 0.25) is 0 Å². The van der Waals surface area contributed by atoms with Crippen LogP contribution < -0.4 is 9.64 Å². The maximum atomic E-state index is 13.0. The van der Waals surface area contributed by atoms with E-state index in [1.54, 1.807) is 24.3 Å². The van der Waals surface area contributed by atoms with Crippen molar-refractivity contribution in [2.75, 3.05) is 18.0 Å². The fourth-order valence-electron chi connectivity index (χ4n) is 4.05. The van der Waals surface area contributed by atoms with Crippen molar-refractivity contribution in [2.24, 2.45) is 5.92 Å². The first-order chi connectivity index (χ1) is 15.5. The second-order valence-electron chi connectivity index (χ2n) is 8.45. The molecule has 0 amide bonds. The number of aliphatic hydroxyl groups excluding tert-OH is 1. The van der Waals surface area contributed by atoms with Gasteiger partial charge >= 0.3 is 12.4 Å². The Kier molecular flexibility index (Phi) is 8.15. The van der Waals surface area contributed by atoms with Gasteiger partial charge in [-0.1, -0.05) is 37.5 Å². The number of hydrogen-bond donors (Lipinski definition) is 1. The molecule has 1 saturated carbocycles. The Morgan fingerprint density at radius 1 is 0.939 bits per heavy atom. The second-order valence-corrected chi connectivity index (χ2v) is 8.45. The summed E-state index contributed by atoms with van der Waals surface area (Å²) in [6.45, 7) is -0.345. The predicted octanol–water partition coefficient (Wildman–Crippen LogP) is 6.59. The van der Waals surface area contributed by atoms with E-state index in [9.17, 15) is 31.4 Å². The molecule has 1 atom stereocenters. The van der Waals surface area contributed by atoms with E-state index in [1.807, 2.05) is 0 Å². The Balaban J connectivity index is 1.74. The molecule has 2 aromatic rings. The molecule has 3 nitrogen and oxygen atoms in total.